The molecule has 0 radical (unpaired) electrons. The van der Waals surface area contributed by atoms with Gasteiger partial charge in [0, 0.05) is 0 Å². The number of ether oxygens (including phenoxy) is 1. The summed E-state index contributed by atoms with van der Waals surface area (Å²) in [6.07, 6.45) is 7.37. The number of hydrogen-bond acceptors (Lipinski definition) is 2. The highest BCUT2D eigenvalue weighted by atomic mass is 16.5. The molecule has 0 aromatic heterocycles. The van der Waals surface area contributed by atoms with E-state index < -0.39 is 0 Å². The van der Waals surface area contributed by atoms with Crippen LogP contribution in [0.25, 0.3) is 0 Å². The summed E-state index contributed by atoms with van der Waals surface area (Å²) in [6.45, 7) is 9.05. The highest BCUT2D eigenvalue weighted by Gasteiger charge is 2.21. The van der Waals surface area contributed by atoms with Gasteiger partial charge >= 0.3 is 0 Å². The molecule has 1 aliphatic rings. The average Bonchev–Trinajstić information content (AvgIpc) is 2.62. The third-order valence-corrected chi connectivity index (χ3v) is 3.22. The van der Waals surface area contributed by atoms with Gasteiger partial charge < -0.3 is 10.1 Å². The Balaban J connectivity index is 1.98. The lowest BCUT2D eigenvalue weighted by molar-refractivity contribution is 0.0475. The van der Waals surface area contributed by atoms with Crippen LogP contribution in [0, 0.1) is 5.92 Å². The van der Waals surface area contributed by atoms with Gasteiger partial charge in [-0.2, -0.15) is 0 Å². The zero-order chi connectivity index (χ0) is 11.1. The lowest BCUT2D eigenvalue weighted by atomic mass is 10.0. The van der Waals surface area contributed by atoms with Crippen LogP contribution >= 0.6 is 0 Å². The highest BCUT2D eigenvalue weighted by Crippen LogP contribution is 2.23. The second-order valence-electron chi connectivity index (χ2n) is 5.03. The second-order valence-corrected chi connectivity index (χ2v) is 5.03. The third-order valence-electron chi connectivity index (χ3n) is 3.22. The minimum absolute atomic E-state index is 0.503. The molecule has 1 aliphatic heterocycles. The Labute approximate surface area is 94.8 Å². The molecule has 1 rings (SSSR count). The third kappa shape index (κ3) is 5.53. The SMILES string of the molecule is CCCNCC(C)CCC1CCC(C)O1. The molecule has 3 unspecified atom stereocenters. The van der Waals surface area contributed by atoms with Gasteiger partial charge in [0.25, 0.3) is 0 Å². The summed E-state index contributed by atoms with van der Waals surface area (Å²) in [5, 5.41) is 3.48. The summed E-state index contributed by atoms with van der Waals surface area (Å²) in [5.74, 6) is 0.788. The first-order chi connectivity index (χ1) is 7.22. The van der Waals surface area contributed by atoms with Crippen molar-refractivity contribution in [2.45, 2.75) is 65.1 Å². The van der Waals surface area contributed by atoms with E-state index in [1.165, 1.54) is 32.1 Å². The quantitative estimate of drug-likeness (QED) is 0.656. The van der Waals surface area contributed by atoms with E-state index in [9.17, 15) is 0 Å². The Hall–Kier alpha value is -0.0800. The largest absolute Gasteiger partial charge is 0.375 e. The minimum atomic E-state index is 0.503. The minimum Gasteiger partial charge on any atom is -0.375 e. The molecule has 0 spiro atoms. The lowest BCUT2D eigenvalue weighted by Crippen LogP contribution is -2.22. The molecule has 90 valence electrons. The first-order valence-corrected chi connectivity index (χ1v) is 6.58. The van der Waals surface area contributed by atoms with Gasteiger partial charge in [0.15, 0.2) is 0 Å². The van der Waals surface area contributed by atoms with Crippen molar-refractivity contribution in [1.29, 1.82) is 0 Å². The second kappa shape index (κ2) is 7.24. The molecule has 1 fully saturated rings. The van der Waals surface area contributed by atoms with Crippen molar-refractivity contribution < 1.29 is 4.74 Å². The molecule has 3 atom stereocenters. The molecule has 2 nitrogen and oxygen atoms in total. The Kier molecular flexibility index (Phi) is 6.26. The predicted octanol–water partition coefficient (Wildman–Crippen LogP) is 2.97. The van der Waals surface area contributed by atoms with Crippen LogP contribution in [0.5, 0.6) is 0 Å². The van der Waals surface area contributed by atoms with E-state index >= 15 is 0 Å². The first-order valence-electron chi connectivity index (χ1n) is 6.58. The maximum atomic E-state index is 5.82. The molecule has 0 bridgehead atoms. The Morgan fingerprint density at radius 3 is 2.80 bits per heavy atom. The summed E-state index contributed by atoms with van der Waals surface area (Å²) in [7, 11) is 0. The van der Waals surface area contributed by atoms with Gasteiger partial charge in [-0.25, -0.2) is 0 Å². The Bertz CT molecular complexity index is 161. The van der Waals surface area contributed by atoms with E-state index in [1.807, 2.05) is 0 Å². The van der Waals surface area contributed by atoms with E-state index in [-0.39, 0.29) is 0 Å². The first kappa shape index (κ1) is 13.0. The van der Waals surface area contributed by atoms with Crippen LogP contribution in [0.2, 0.25) is 0 Å². The predicted molar refractivity (Wildman–Crippen MR) is 65.1 cm³/mol. The van der Waals surface area contributed by atoms with Crippen LogP contribution in [0.1, 0.15) is 52.9 Å². The van der Waals surface area contributed by atoms with E-state index in [1.54, 1.807) is 0 Å². The van der Waals surface area contributed by atoms with Gasteiger partial charge in [0.05, 0.1) is 12.2 Å². The fourth-order valence-corrected chi connectivity index (χ4v) is 2.20. The van der Waals surface area contributed by atoms with Crippen LogP contribution in [0.15, 0.2) is 0 Å². The Morgan fingerprint density at radius 1 is 1.40 bits per heavy atom. The maximum absolute atomic E-state index is 5.82. The number of rotatable bonds is 7. The number of nitrogens with one attached hydrogen (secondary N) is 1. The fourth-order valence-electron chi connectivity index (χ4n) is 2.20. The normalized spacial score (nSPS) is 28.2. The average molecular weight is 213 g/mol. The molecule has 1 N–H and O–H groups in total. The van der Waals surface area contributed by atoms with Gasteiger partial charge in [-0.15, -0.1) is 0 Å². The summed E-state index contributed by atoms with van der Waals surface area (Å²) in [4.78, 5) is 0. The molecule has 1 heterocycles. The van der Waals surface area contributed by atoms with Gasteiger partial charge in [-0.05, 0) is 58.0 Å². The van der Waals surface area contributed by atoms with E-state index in [2.05, 4.69) is 26.1 Å². The standard InChI is InChI=1S/C13H27NO/c1-4-9-14-10-11(2)5-7-13-8-6-12(3)15-13/h11-14H,4-10H2,1-3H3. The van der Waals surface area contributed by atoms with Gasteiger partial charge in [0.1, 0.15) is 0 Å². The summed E-state index contributed by atoms with van der Waals surface area (Å²) in [5.41, 5.74) is 0. The summed E-state index contributed by atoms with van der Waals surface area (Å²) in [6, 6.07) is 0. The van der Waals surface area contributed by atoms with Gasteiger partial charge in [0.2, 0.25) is 0 Å². The molecular weight excluding hydrogens is 186 g/mol. The van der Waals surface area contributed by atoms with Crippen molar-refractivity contribution in [2.24, 2.45) is 5.92 Å². The summed E-state index contributed by atoms with van der Waals surface area (Å²) >= 11 is 0. The van der Waals surface area contributed by atoms with Crippen molar-refractivity contribution in [3.05, 3.63) is 0 Å². The smallest absolute Gasteiger partial charge is 0.0579 e. The molecule has 15 heavy (non-hydrogen) atoms. The van der Waals surface area contributed by atoms with Crippen molar-refractivity contribution >= 4 is 0 Å². The highest BCUT2D eigenvalue weighted by molar-refractivity contribution is 4.71. The van der Waals surface area contributed by atoms with Gasteiger partial charge in [-0.1, -0.05) is 13.8 Å². The van der Waals surface area contributed by atoms with Crippen LogP contribution in [0.3, 0.4) is 0 Å². The van der Waals surface area contributed by atoms with Gasteiger partial charge in [-0.3, -0.25) is 0 Å². The maximum Gasteiger partial charge on any atom is 0.0579 e. The van der Waals surface area contributed by atoms with E-state index in [0.717, 1.165) is 19.0 Å². The van der Waals surface area contributed by atoms with Crippen LogP contribution in [0.4, 0.5) is 0 Å². The number of hydrogen-bond donors (Lipinski definition) is 1. The van der Waals surface area contributed by atoms with Crippen LogP contribution in [-0.2, 0) is 4.74 Å². The van der Waals surface area contributed by atoms with Crippen LogP contribution in [-0.4, -0.2) is 25.3 Å². The van der Waals surface area contributed by atoms with E-state index in [4.69, 9.17) is 4.74 Å². The molecule has 2 heteroatoms. The molecular formula is C13H27NO. The monoisotopic (exact) mass is 213 g/mol. The van der Waals surface area contributed by atoms with Crippen LogP contribution < -0.4 is 5.32 Å². The molecule has 0 aromatic carbocycles. The molecule has 1 saturated heterocycles. The molecule has 0 aromatic rings. The van der Waals surface area contributed by atoms with Crippen molar-refractivity contribution in [1.82, 2.24) is 5.32 Å². The zero-order valence-electron chi connectivity index (χ0n) is 10.6. The summed E-state index contributed by atoms with van der Waals surface area (Å²) < 4.78 is 5.82. The molecule has 0 aliphatic carbocycles. The van der Waals surface area contributed by atoms with E-state index in [0.29, 0.717) is 12.2 Å². The van der Waals surface area contributed by atoms with Crippen molar-refractivity contribution in [3.63, 3.8) is 0 Å². The molecule has 0 amide bonds. The van der Waals surface area contributed by atoms with Crippen molar-refractivity contribution in [2.75, 3.05) is 13.1 Å². The fraction of sp³-hybridized carbons (Fsp3) is 1.00. The van der Waals surface area contributed by atoms with Crippen molar-refractivity contribution in [3.8, 4) is 0 Å². The zero-order valence-corrected chi connectivity index (χ0v) is 10.6. The topological polar surface area (TPSA) is 21.3 Å². The lowest BCUT2D eigenvalue weighted by Gasteiger charge is -2.15. The Morgan fingerprint density at radius 2 is 2.20 bits per heavy atom. The molecule has 0 saturated carbocycles.